The van der Waals surface area contributed by atoms with Crippen LogP contribution in [0.5, 0.6) is 0 Å². The molecule has 0 heterocycles. The molecule has 0 aliphatic heterocycles. The van der Waals surface area contributed by atoms with Crippen molar-refractivity contribution in [2.45, 2.75) is 32.2 Å². The first-order valence-corrected chi connectivity index (χ1v) is 7.31. The van der Waals surface area contributed by atoms with Crippen molar-refractivity contribution >= 4 is 17.4 Å². The van der Waals surface area contributed by atoms with Gasteiger partial charge in [-0.15, -0.1) is 0 Å². The van der Waals surface area contributed by atoms with Crippen LogP contribution in [0.4, 0.5) is 10.1 Å². The Balaban J connectivity index is 2.62. The summed E-state index contributed by atoms with van der Waals surface area (Å²) in [4.78, 5) is 22.5. The van der Waals surface area contributed by atoms with Gasteiger partial charge in [0.15, 0.2) is 0 Å². The molecule has 0 radical (unpaired) electrons. The third-order valence-electron chi connectivity index (χ3n) is 3.49. The highest BCUT2D eigenvalue weighted by molar-refractivity contribution is 5.82. The van der Waals surface area contributed by atoms with Crippen LogP contribution in [-0.2, 0) is 16.0 Å². The molecule has 0 bridgehead atoms. The van der Waals surface area contributed by atoms with Gasteiger partial charge in [0.05, 0.1) is 18.6 Å². The molecule has 4 N–H and O–H groups in total. The van der Waals surface area contributed by atoms with Crippen LogP contribution < -0.4 is 11.1 Å². The van der Waals surface area contributed by atoms with E-state index in [1.54, 1.807) is 0 Å². The van der Waals surface area contributed by atoms with Crippen molar-refractivity contribution in [1.29, 1.82) is 0 Å². The largest absolute Gasteiger partial charge is 0.481 e. The predicted molar refractivity (Wildman–Crippen MR) is 83.6 cm³/mol. The number of hydrogen-bond donors (Lipinski definition) is 3. The number of benzene rings is 1. The number of Topliss-reactive ketones (excluding diaryl/α,β-unsaturated/α-hetero) is 1. The number of carbonyl (C=O) groups excluding carboxylic acids is 1. The quantitative estimate of drug-likeness (QED) is 0.575. The zero-order valence-electron chi connectivity index (χ0n) is 12.7. The molecular formula is C16H23FN2O3. The van der Waals surface area contributed by atoms with Crippen LogP contribution in [0, 0.1) is 5.92 Å². The van der Waals surface area contributed by atoms with Gasteiger partial charge in [0, 0.05) is 12.2 Å². The lowest BCUT2D eigenvalue weighted by Crippen LogP contribution is -2.33. The standard InChI is InChI=1S/C16H23FN2O3/c1-11(20)15(18)10-13(16(21)22)9-12-3-5-14(6-4-12)19-8-2-7-17/h3-6,13,15,19H,2,7-10,18H2,1H3,(H,21,22)/i17-1. The van der Waals surface area contributed by atoms with Crippen LogP contribution in [0.15, 0.2) is 24.3 Å². The van der Waals surface area contributed by atoms with E-state index in [0.717, 1.165) is 11.3 Å². The second-order valence-electron chi connectivity index (χ2n) is 5.36. The molecule has 0 aromatic heterocycles. The minimum absolute atomic E-state index is 0.126. The van der Waals surface area contributed by atoms with E-state index in [-0.39, 0.29) is 18.9 Å². The van der Waals surface area contributed by atoms with E-state index in [4.69, 9.17) is 5.73 Å². The summed E-state index contributed by atoms with van der Waals surface area (Å²) in [5, 5.41) is 12.3. The van der Waals surface area contributed by atoms with Gasteiger partial charge >= 0.3 is 5.97 Å². The number of hydrogen-bond acceptors (Lipinski definition) is 4. The fourth-order valence-corrected chi connectivity index (χ4v) is 2.09. The fraction of sp³-hybridized carbons (Fsp3) is 0.500. The Morgan fingerprint density at radius 2 is 1.95 bits per heavy atom. The molecule has 0 spiro atoms. The van der Waals surface area contributed by atoms with E-state index < -0.39 is 17.9 Å². The van der Waals surface area contributed by atoms with Crippen LogP contribution >= 0.6 is 0 Å². The summed E-state index contributed by atoms with van der Waals surface area (Å²) in [5.74, 6) is -1.86. The second kappa shape index (κ2) is 9.15. The van der Waals surface area contributed by atoms with Gasteiger partial charge in [0.2, 0.25) is 0 Å². The number of rotatable bonds is 10. The predicted octanol–water partition coefficient (Wildman–Crippen LogP) is 2.01. The number of aliphatic carboxylic acids is 1. The topological polar surface area (TPSA) is 92.4 Å². The summed E-state index contributed by atoms with van der Waals surface area (Å²) in [6, 6.07) is 6.57. The SMILES string of the molecule is CC(=O)C(N)CC(Cc1ccc(NCCC[18F])cc1)C(=O)O. The van der Waals surface area contributed by atoms with Gasteiger partial charge in [0.25, 0.3) is 0 Å². The van der Waals surface area contributed by atoms with Gasteiger partial charge in [-0.2, -0.15) is 0 Å². The highest BCUT2D eigenvalue weighted by atomic mass is 18.2. The maximum atomic E-state index is 12.0. The van der Waals surface area contributed by atoms with Crippen molar-refractivity contribution in [2.24, 2.45) is 11.7 Å². The summed E-state index contributed by atoms with van der Waals surface area (Å²) in [5.41, 5.74) is 7.37. The van der Waals surface area contributed by atoms with Crippen molar-refractivity contribution in [1.82, 2.24) is 0 Å². The molecule has 0 amide bonds. The van der Waals surface area contributed by atoms with Crippen LogP contribution in [0.3, 0.4) is 0 Å². The number of carboxylic acid groups (broad SMARTS) is 1. The Hall–Kier alpha value is -1.95. The number of ketones is 1. The van der Waals surface area contributed by atoms with Gasteiger partial charge in [0.1, 0.15) is 5.78 Å². The van der Waals surface area contributed by atoms with Crippen LogP contribution in [0.1, 0.15) is 25.3 Å². The monoisotopic (exact) mass is 309 g/mol. The number of halogens is 1. The van der Waals surface area contributed by atoms with E-state index in [2.05, 4.69) is 5.32 Å². The number of alkyl halides is 1. The zero-order chi connectivity index (χ0) is 16.5. The minimum atomic E-state index is -0.957. The van der Waals surface area contributed by atoms with Crippen LogP contribution in [0.2, 0.25) is 0 Å². The van der Waals surface area contributed by atoms with Crippen molar-refractivity contribution in [2.75, 3.05) is 18.5 Å². The molecule has 122 valence electrons. The van der Waals surface area contributed by atoms with Crippen LogP contribution in [-0.4, -0.2) is 36.1 Å². The molecule has 1 aromatic rings. The zero-order valence-corrected chi connectivity index (χ0v) is 12.7. The summed E-state index contributed by atoms with van der Waals surface area (Å²) in [6.07, 6.45) is 0.897. The Bertz CT molecular complexity index is 491. The molecule has 0 saturated carbocycles. The Morgan fingerprint density at radius 3 is 2.45 bits per heavy atom. The number of carboxylic acids is 1. The number of carbonyl (C=O) groups is 2. The molecule has 0 aliphatic carbocycles. The summed E-state index contributed by atoms with van der Waals surface area (Å²) in [6.45, 7) is 1.56. The maximum Gasteiger partial charge on any atom is 0.306 e. The third kappa shape index (κ3) is 6.22. The molecule has 5 nitrogen and oxygen atoms in total. The highest BCUT2D eigenvalue weighted by Gasteiger charge is 2.23. The average Bonchev–Trinajstić information content (AvgIpc) is 2.48. The lowest BCUT2D eigenvalue weighted by atomic mass is 9.92. The molecule has 1 aromatic carbocycles. The van der Waals surface area contributed by atoms with E-state index in [1.807, 2.05) is 24.3 Å². The van der Waals surface area contributed by atoms with Gasteiger partial charge in [-0.25, -0.2) is 0 Å². The molecule has 0 aliphatic rings. The second-order valence-corrected chi connectivity index (χ2v) is 5.36. The first-order valence-electron chi connectivity index (χ1n) is 7.31. The molecular weight excluding hydrogens is 286 g/mol. The lowest BCUT2D eigenvalue weighted by Gasteiger charge is -2.16. The normalized spacial score (nSPS) is 13.4. The number of anilines is 1. The number of nitrogens with two attached hydrogens (primary N) is 1. The van der Waals surface area contributed by atoms with E-state index in [1.165, 1.54) is 6.92 Å². The number of nitrogens with one attached hydrogen (secondary N) is 1. The Morgan fingerprint density at radius 1 is 1.32 bits per heavy atom. The highest BCUT2D eigenvalue weighted by Crippen LogP contribution is 2.17. The van der Waals surface area contributed by atoms with Gasteiger partial charge < -0.3 is 16.2 Å². The molecule has 1 rings (SSSR count). The molecule has 22 heavy (non-hydrogen) atoms. The Labute approximate surface area is 129 Å². The smallest absolute Gasteiger partial charge is 0.306 e. The van der Waals surface area contributed by atoms with Gasteiger partial charge in [-0.1, -0.05) is 12.1 Å². The summed E-state index contributed by atoms with van der Waals surface area (Å²) < 4.78 is 12.0. The van der Waals surface area contributed by atoms with E-state index >= 15 is 0 Å². The molecule has 2 unspecified atom stereocenters. The average molecular weight is 309 g/mol. The van der Waals surface area contributed by atoms with Gasteiger partial charge in [-0.05, 0) is 43.9 Å². The van der Waals surface area contributed by atoms with Crippen molar-refractivity contribution in [3.05, 3.63) is 29.8 Å². The van der Waals surface area contributed by atoms with Crippen molar-refractivity contribution in [3.8, 4) is 0 Å². The molecule has 6 heteroatoms. The first kappa shape index (κ1) is 18.1. The maximum absolute atomic E-state index is 12.0. The minimum Gasteiger partial charge on any atom is -0.481 e. The molecule has 0 saturated heterocycles. The Kier molecular flexibility index (Phi) is 7.52. The summed E-state index contributed by atoms with van der Waals surface area (Å²) in [7, 11) is 0. The molecule has 0 fully saturated rings. The lowest BCUT2D eigenvalue weighted by molar-refractivity contribution is -0.142. The van der Waals surface area contributed by atoms with Crippen molar-refractivity contribution < 1.29 is 19.1 Å². The summed E-state index contributed by atoms with van der Waals surface area (Å²) >= 11 is 0. The van der Waals surface area contributed by atoms with Crippen LogP contribution in [0.25, 0.3) is 0 Å². The van der Waals surface area contributed by atoms with Gasteiger partial charge in [-0.3, -0.25) is 14.0 Å². The molecule has 2 atom stereocenters. The van der Waals surface area contributed by atoms with E-state index in [0.29, 0.717) is 19.4 Å². The van der Waals surface area contributed by atoms with Crippen molar-refractivity contribution in [3.63, 3.8) is 0 Å². The fourth-order valence-electron chi connectivity index (χ4n) is 2.09. The van der Waals surface area contributed by atoms with E-state index in [9.17, 15) is 19.1 Å². The third-order valence-corrected chi connectivity index (χ3v) is 3.49. The first-order chi connectivity index (χ1) is 10.4.